The first kappa shape index (κ1) is 19.5. The van der Waals surface area contributed by atoms with Crippen molar-refractivity contribution in [2.24, 2.45) is 0 Å². The topological polar surface area (TPSA) is 64.2 Å². The highest BCUT2D eigenvalue weighted by Crippen LogP contribution is 2.34. The van der Waals surface area contributed by atoms with E-state index in [1.165, 1.54) is 11.8 Å². The van der Waals surface area contributed by atoms with Gasteiger partial charge in [0.25, 0.3) is 0 Å². The lowest BCUT2D eigenvalue weighted by molar-refractivity contribution is -0.143. The molecule has 2 aromatic rings. The summed E-state index contributed by atoms with van der Waals surface area (Å²) in [7, 11) is 0. The standard InChI is InChI=1S/C19H26N2O3S/c1-5-16(24-12-11-23-14(4)22)18-20-17(13(2)3)19(21-18)25-15-9-7-6-8-10-15/h6-10,13,16H,5,11-12H2,1-4H3,(H,20,21). The maximum absolute atomic E-state index is 10.8. The maximum Gasteiger partial charge on any atom is 0.302 e. The molecule has 136 valence electrons. The molecule has 0 bridgehead atoms. The van der Waals surface area contributed by atoms with Crippen LogP contribution in [0, 0.1) is 0 Å². The Bertz CT molecular complexity index is 671. The van der Waals surface area contributed by atoms with E-state index < -0.39 is 0 Å². The molecule has 0 aliphatic rings. The van der Waals surface area contributed by atoms with Crippen LogP contribution in [0.2, 0.25) is 0 Å². The second-order valence-electron chi connectivity index (χ2n) is 6.01. The summed E-state index contributed by atoms with van der Waals surface area (Å²) in [6, 6.07) is 10.2. The van der Waals surface area contributed by atoms with Gasteiger partial charge in [0.05, 0.1) is 12.3 Å². The Kier molecular flexibility index (Phi) is 7.52. The van der Waals surface area contributed by atoms with E-state index in [0.29, 0.717) is 12.5 Å². The van der Waals surface area contributed by atoms with Crippen molar-refractivity contribution < 1.29 is 14.3 Å². The van der Waals surface area contributed by atoms with Crippen molar-refractivity contribution in [3.05, 3.63) is 41.9 Å². The van der Waals surface area contributed by atoms with Crippen LogP contribution in [-0.4, -0.2) is 29.2 Å². The van der Waals surface area contributed by atoms with E-state index in [9.17, 15) is 4.79 Å². The van der Waals surface area contributed by atoms with E-state index in [1.807, 2.05) is 18.2 Å². The number of carbonyl (C=O) groups excluding carboxylic acids is 1. The van der Waals surface area contributed by atoms with Crippen molar-refractivity contribution >= 4 is 17.7 Å². The summed E-state index contributed by atoms with van der Waals surface area (Å²) in [6.07, 6.45) is 0.652. The number of aromatic nitrogens is 2. The quantitative estimate of drug-likeness (QED) is 0.517. The zero-order chi connectivity index (χ0) is 18.2. The van der Waals surface area contributed by atoms with Crippen LogP contribution in [-0.2, 0) is 14.3 Å². The Morgan fingerprint density at radius 1 is 1.24 bits per heavy atom. The molecule has 1 aromatic heterocycles. The Morgan fingerprint density at radius 2 is 1.96 bits per heavy atom. The maximum atomic E-state index is 10.8. The zero-order valence-electron chi connectivity index (χ0n) is 15.2. The Labute approximate surface area is 153 Å². The van der Waals surface area contributed by atoms with Crippen LogP contribution in [0.5, 0.6) is 0 Å². The second-order valence-corrected chi connectivity index (χ2v) is 7.10. The number of carbonyl (C=O) groups is 1. The van der Waals surface area contributed by atoms with Crippen LogP contribution in [0.25, 0.3) is 0 Å². The van der Waals surface area contributed by atoms with Crippen molar-refractivity contribution in [3.8, 4) is 0 Å². The van der Waals surface area contributed by atoms with Gasteiger partial charge in [-0.1, -0.05) is 50.7 Å². The third kappa shape index (κ3) is 5.90. The number of nitrogens with zero attached hydrogens (tertiary/aromatic N) is 1. The minimum absolute atomic E-state index is 0.141. The molecule has 0 fully saturated rings. The molecule has 1 heterocycles. The van der Waals surface area contributed by atoms with Crippen molar-refractivity contribution in [3.63, 3.8) is 0 Å². The number of imidazole rings is 1. The number of ether oxygens (including phenoxy) is 2. The van der Waals surface area contributed by atoms with E-state index in [2.05, 4.69) is 37.9 Å². The molecule has 6 heteroatoms. The molecule has 0 saturated heterocycles. The van der Waals surface area contributed by atoms with Crippen LogP contribution >= 0.6 is 11.8 Å². The van der Waals surface area contributed by atoms with Gasteiger partial charge in [-0.2, -0.15) is 0 Å². The number of hydrogen-bond acceptors (Lipinski definition) is 5. The van der Waals surface area contributed by atoms with Crippen molar-refractivity contribution in [2.45, 2.75) is 56.1 Å². The monoisotopic (exact) mass is 362 g/mol. The molecule has 25 heavy (non-hydrogen) atoms. The molecule has 0 aliphatic heterocycles. The lowest BCUT2D eigenvalue weighted by atomic mass is 10.1. The van der Waals surface area contributed by atoms with Gasteiger partial charge in [-0.25, -0.2) is 4.98 Å². The predicted molar refractivity (Wildman–Crippen MR) is 98.9 cm³/mol. The van der Waals surface area contributed by atoms with Gasteiger partial charge >= 0.3 is 5.97 Å². The number of nitrogens with one attached hydrogen (secondary N) is 1. The summed E-state index contributed by atoms with van der Waals surface area (Å²) in [4.78, 5) is 20.2. The summed E-state index contributed by atoms with van der Waals surface area (Å²) in [5.74, 6) is 0.848. The third-order valence-corrected chi connectivity index (χ3v) is 4.63. The molecule has 5 nitrogen and oxygen atoms in total. The van der Waals surface area contributed by atoms with Gasteiger partial charge in [0.1, 0.15) is 23.6 Å². The average molecular weight is 362 g/mol. The summed E-state index contributed by atoms with van der Waals surface area (Å²) >= 11 is 1.68. The molecule has 1 unspecified atom stereocenters. The minimum atomic E-state index is -0.293. The third-order valence-electron chi connectivity index (χ3n) is 3.61. The van der Waals surface area contributed by atoms with Crippen molar-refractivity contribution in [1.82, 2.24) is 9.97 Å². The van der Waals surface area contributed by atoms with Crippen molar-refractivity contribution in [2.75, 3.05) is 13.2 Å². The van der Waals surface area contributed by atoms with Gasteiger partial charge in [-0.05, 0) is 24.5 Å². The molecule has 2 rings (SSSR count). The fraction of sp³-hybridized carbons (Fsp3) is 0.474. The first-order valence-corrected chi connectivity index (χ1v) is 9.40. The van der Waals surface area contributed by atoms with E-state index in [1.54, 1.807) is 11.8 Å². The lowest BCUT2D eigenvalue weighted by Crippen LogP contribution is -2.12. The fourth-order valence-electron chi connectivity index (χ4n) is 2.38. The van der Waals surface area contributed by atoms with Gasteiger partial charge < -0.3 is 14.5 Å². The first-order chi connectivity index (χ1) is 12.0. The molecule has 1 atom stereocenters. The molecule has 0 saturated carbocycles. The molecule has 0 amide bonds. The highest BCUT2D eigenvalue weighted by molar-refractivity contribution is 7.99. The largest absolute Gasteiger partial charge is 0.463 e. The fourth-order valence-corrected chi connectivity index (χ4v) is 3.45. The van der Waals surface area contributed by atoms with Crippen molar-refractivity contribution in [1.29, 1.82) is 0 Å². The van der Waals surface area contributed by atoms with Crippen LogP contribution < -0.4 is 0 Å². The summed E-state index contributed by atoms with van der Waals surface area (Å²) < 4.78 is 10.8. The Morgan fingerprint density at radius 3 is 2.56 bits per heavy atom. The van der Waals surface area contributed by atoms with E-state index in [-0.39, 0.29) is 18.7 Å². The van der Waals surface area contributed by atoms with Crippen LogP contribution in [0.4, 0.5) is 0 Å². The molecule has 0 radical (unpaired) electrons. The molecule has 1 aromatic carbocycles. The summed E-state index contributed by atoms with van der Waals surface area (Å²) in [5, 5.41) is 1.05. The van der Waals surface area contributed by atoms with Gasteiger partial charge in [-0.15, -0.1) is 0 Å². The SMILES string of the molecule is CCC(OCCOC(C)=O)c1nc(C(C)C)c(Sc2ccccc2)[nH]1. The molecule has 1 N–H and O–H groups in total. The molecule has 0 spiro atoms. The Balaban J connectivity index is 2.11. The van der Waals surface area contributed by atoms with Gasteiger partial charge in [0.15, 0.2) is 0 Å². The highest BCUT2D eigenvalue weighted by Gasteiger charge is 2.20. The first-order valence-electron chi connectivity index (χ1n) is 8.58. The molecule has 0 aliphatic carbocycles. The van der Waals surface area contributed by atoms with E-state index >= 15 is 0 Å². The lowest BCUT2D eigenvalue weighted by Gasteiger charge is -2.13. The molecular weight excluding hydrogens is 336 g/mol. The highest BCUT2D eigenvalue weighted by atomic mass is 32.2. The minimum Gasteiger partial charge on any atom is -0.463 e. The molecular formula is C19H26N2O3S. The zero-order valence-corrected chi connectivity index (χ0v) is 16.1. The number of rotatable bonds is 9. The Hall–Kier alpha value is -1.79. The average Bonchev–Trinajstić information content (AvgIpc) is 2.99. The number of aromatic amines is 1. The number of esters is 1. The smallest absolute Gasteiger partial charge is 0.302 e. The summed E-state index contributed by atoms with van der Waals surface area (Å²) in [5.41, 5.74) is 1.05. The van der Waals surface area contributed by atoms with Crippen LogP contribution in [0.3, 0.4) is 0 Å². The normalized spacial score (nSPS) is 12.4. The van der Waals surface area contributed by atoms with Crippen LogP contribution in [0.15, 0.2) is 40.3 Å². The predicted octanol–water partition coefficient (Wildman–Crippen LogP) is 4.72. The van der Waals surface area contributed by atoms with Crippen LogP contribution in [0.1, 0.15) is 57.7 Å². The van der Waals surface area contributed by atoms with Gasteiger partial charge in [-0.3, -0.25) is 4.79 Å². The summed E-state index contributed by atoms with van der Waals surface area (Å²) in [6.45, 7) is 8.34. The van der Waals surface area contributed by atoms with Gasteiger partial charge in [0, 0.05) is 11.8 Å². The van der Waals surface area contributed by atoms with Gasteiger partial charge in [0.2, 0.25) is 0 Å². The number of benzene rings is 1. The number of hydrogen-bond donors (Lipinski definition) is 1. The van der Waals surface area contributed by atoms with E-state index in [0.717, 1.165) is 23.0 Å². The van der Waals surface area contributed by atoms with E-state index in [4.69, 9.17) is 14.5 Å². The number of H-pyrrole nitrogens is 1. The second kappa shape index (κ2) is 9.63.